The first-order chi connectivity index (χ1) is 13.5. The van der Waals surface area contributed by atoms with Crippen molar-refractivity contribution in [3.8, 4) is 0 Å². The highest BCUT2D eigenvalue weighted by atomic mass is 127. The molecule has 0 amide bonds. The summed E-state index contributed by atoms with van der Waals surface area (Å²) in [6.45, 7) is 19.1. The fraction of sp³-hybridized carbons (Fsp3) is 0.955. The van der Waals surface area contributed by atoms with Crippen LogP contribution in [0.2, 0.25) is 0 Å². The van der Waals surface area contributed by atoms with Gasteiger partial charge in [-0.25, -0.2) is 0 Å². The minimum atomic E-state index is 0. The van der Waals surface area contributed by atoms with Crippen LogP contribution in [0.4, 0.5) is 0 Å². The standard InChI is InChI=1S/C22H42N4O2.HI/c1-5-23-21(24-15-19-7-6-12-28-20(19)22(2,3)4)26-9-8-18(17-26)16-25-10-13-27-14-11-25;/h18-20H,5-17H2,1-4H3,(H,23,24);1H. The lowest BCUT2D eigenvalue weighted by Crippen LogP contribution is -2.44. The minimum absolute atomic E-state index is 0. The van der Waals surface area contributed by atoms with Crippen LogP contribution in [0, 0.1) is 17.3 Å². The normalized spacial score (nSPS) is 29.6. The number of halogens is 1. The third-order valence-corrected chi connectivity index (χ3v) is 6.31. The second kappa shape index (κ2) is 12.1. The summed E-state index contributed by atoms with van der Waals surface area (Å²) in [4.78, 5) is 10.1. The summed E-state index contributed by atoms with van der Waals surface area (Å²) in [5, 5.41) is 3.54. The average Bonchev–Trinajstić information content (AvgIpc) is 3.14. The number of nitrogens with zero attached hydrogens (tertiary/aromatic N) is 3. The molecule has 3 unspecified atom stereocenters. The molecular weight excluding hydrogens is 479 g/mol. The van der Waals surface area contributed by atoms with Gasteiger partial charge in [0.15, 0.2) is 5.96 Å². The van der Waals surface area contributed by atoms with E-state index in [0.29, 0.717) is 12.0 Å². The second-order valence-electron chi connectivity index (χ2n) is 9.77. The van der Waals surface area contributed by atoms with Gasteiger partial charge in [0.1, 0.15) is 0 Å². The van der Waals surface area contributed by atoms with Crippen molar-refractivity contribution in [2.75, 3.05) is 65.6 Å². The van der Waals surface area contributed by atoms with Gasteiger partial charge in [-0.15, -0.1) is 24.0 Å². The maximum Gasteiger partial charge on any atom is 0.193 e. The van der Waals surface area contributed by atoms with E-state index in [1.165, 1.54) is 19.4 Å². The van der Waals surface area contributed by atoms with E-state index in [0.717, 1.165) is 77.4 Å². The number of aliphatic imine (C=N–C) groups is 1. The number of ether oxygens (including phenoxy) is 2. The zero-order chi connectivity index (χ0) is 20.0. The monoisotopic (exact) mass is 522 g/mol. The minimum Gasteiger partial charge on any atom is -0.379 e. The molecule has 6 nitrogen and oxygen atoms in total. The molecule has 0 saturated carbocycles. The first kappa shape index (κ1) is 25.1. The van der Waals surface area contributed by atoms with Gasteiger partial charge in [0.05, 0.1) is 19.3 Å². The van der Waals surface area contributed by atoms with E-state index in [1.54, 1.807) is 0 Å². The van der Waals surface area contributed by atoms with Gasteiger partial charge < -0.3 is 19.7 Å². The molecule has 0 aromatic rings. The van der Waals surface area contributed by atoms with Crippen LogP contribution in [0.1, 0.15) is 47.0 Å². The van der Waals surface area contributed by atoms with Gasteiger partial charge in [-0.3, -0.25) is 9.89 Å². The Labute approximate surface area is 195 Å². The number of morpholine rings is 1. The van der Waals surface area contributed by atoms with Gasteiger partial charge in [0, 0.05) is 58.3 Å². The van der Waals surface area contributed by atoms with Crippen LogP contribution in [0.3, 0.4) is 0 Å². The van der Waals surface area contributed by atoms with Crippen molar-refractivity contribution in [1.29, 1.82) is 0 Å². The molecule has 3 fully saturated rings. The van der Waals surface area contributed by atoms with Crippen molar-refractivity contribution in [2.45, 2.75) is 53.1 Å². The van der Waals surface area contributed by atoms with Gasteiger partial charge in [-0.2, -0.15) is 0 Å². The van der Waals surface area contributed by atoms with Crippen molar-refractivity contribution in [3.63, 3.8) is 0 Å². The Morgan fingerprint density at radius 2 is 1.86 bits per heavy atom. The second-order valence-corrected chi connectivity index (χ2v) is 9.77. The molecule has 1 N–H and O–H groups in total. The maximum atomic E-state index is 6.16. The lowest BCUT2D eigenvalue weighted by Gasteiger charge is -2.39. The molecule has 7 heteroatoms. The van der Waals surface area contributed by atoms with Crippen LogP contribution in [-0.2, 0) is 9.47 Å². The summed E-state index contributed by atoms with van der Waals surface area (Å²) < 4.78 is 11.6. The topological polar surface area (TPSA) is 49.3 Å². The molecule has 29 heavy (non-hydrogen) atoms. The predicted octanol–water partition coefficient (Wildman–Crippen LogP) is 3.07. The molecule has 3 atom stereocenters. The summed E-state index contributed by atoms with van der Waals surface area (Å²) in [5.74, 6) is 2.36. The summed E-state index contributed by atoms with van der Waals surface area (Å²) in [6.07, 6.45) is 3.96. The molecule has 170 valence electrons. The van der Waals surface area contributed by atoms with E-state index < -0.39 is 0 Å². The van der Waals surface area contributed by atoms with Crippen molar-refractivity contribution < 1.29 is 9.47 Å². The van der Waals surface area contributed by atoms with Gasteiger partial charge in [0.2, 0.25) is 0 Å². The Bertz CT molecular complexity index is 506. The van der Waals surface area contributed by atoms with E-state index in [2.05, 4.69) is 42.8 Å². The maximum absolute atomic E-state index is 6.16. The average molecular weight is 523 g/mol. The van der Waals surface area contributed by atoms with Gasteiger partial charge >= 0.3 is 0 Å². The quantitative estimate of drug-likeness (QED) is 0.342. The van der Waals surface area contributed by atoms with Crippen LogP contribution in [0.5, 0.6) is 0 Å². The molecule has 3 aliphatic rings. The van der Waals surface area contributed by atoms with E-state index >= 15 is 0 Å². The first-order valence-corrected chi connectivity index (χ1v) is 11.4. The molecule has 0 spiro atoms. The molecule has 0 radical (unpaired) electrons. The number of nitrogens with one attached hydrogen (secondary N) is 1. The molecule has 0 aromatic carbocycles. The Balaban J connectivity index is 0.00000300. The number of hydrogen-bond donors (Lipinski definition) is 1. The molecular formula is C22H43IN4O2. The number of likely N-dealkylation sites (tertiary alicyclic amines) is 1. The highest BCUT2D eigenvalue weighted by molar-refractivity contribution is 14.0. The zero-order valence-corrected chi connectivity index (χ0v) is 21.3. The first-order valence-electron chi connectivity index (χ1n) is 11.4. The molecule has 0 aromatic heterocycles. The van der Waals surface area contributed by atoms with Crippen LogP contribution in [0.25, 0.3) is 0 Å². The van der Waals surface area contributed by atoms with E-state index in [9.17, 15) is 0 Å². The highest BCUT2D eigenvalue weighted by Gasteiger charge is 2.35. The molecule has 3 aliphatic heterocycles. The Hall–Kier alpha value is -0.120. The molecule has 0 bridgehead atoms. The van der Waals surface area contributed by atoms with Gasteiger partial charge in [-0.1, -0.05) is 20.8 Å². The molecule has 3 saturated heterocycles. The Morgan fingerprint density at radius 3 is 2.55 bits per heavy atom. The SMILES string of the molecule is CCNC(=NCC1CCCOC1C(C)(C)C)N1CCC(CN2CCOCC2)C1.I. The summed E-state index contributed by atoms with van der Waals surface area (Å²) in [7, 11) is 0. The smallest absolute Gasteiger partial charge is 0.193 e. The van der Waals surface area contributed by atoms with Crippen LogP contribution >= 0.6 is 24.0 Å². The van der Waals surface area contributed by atoms with E-state index in [4.69, 9.17) is 14.5 Å². The van der Waals surface area contributed by atoms with Crippen LogP contribution in [0.15, 0.2) is 4.99 Å². The Kier molecular flexibility index (Phi) is 10.5. The molecule has 0 aliphatic carbocycles. The van der Waals surface area contributed by atoms with Gasteiger partial charge in [0.25, 0.3) is 0 Å². The lowest BCUT2D eigenvalue weighted by molar-refractivity contribution is -0.0824. The molecule has 3 heterocycles. The summed E-state index contributed by atoms with van der Waals surface area (Å²) in [5.41, 5.74) is 0.176. The van der Waals surface area contributed by atoms with E-state index in [1.807, 2.05) is 0 Å². The van der Waals surface area contributed by atoms with Crippen LogP contribution in [-0.4, -0.2) is 87.5 Å². The van der Waals surface area contributed by atoms with Crippen molar-refractivity contribution in [2.24, 2.45) is 22.2 Å². The van der Waals surface area contributed by atoms with Crippen molar-refractivity contribution >= 4 is 29.9 Å². The third-order valence-electron chi connectivity index (χ3n) is 6.31. The summed E-state index contributed by atoms with van der Waals surface area (Å²) in [6, 6.07) is 0. The predicted molar refractivity (Wildman–Crippen MR) is 130 cm³/mol. The largest absolute Gasteiger partial charge is 0.379 e. The van der Waals surface area contributed by atoms with Crippen LogP contribution < -0.4 is 5.32 Å². The number of rotatable bonds is 5. The van der Waals surface area contributed by atoms with Crippen molar-refractivity contribution in [1.82, 2.24) is 15.1 Å². The molecule has 3 rings (SSSR count). The zero-order valence-electron chi connectivity index (χ0n) is 19.0. The number of guanidine groups is 1. The van der Waals surface area contributed by atoms with E-state index in [-0.39, 0.29) is 29.4 Å². The highest BCUT2D eigenvalue weighted by Crippen LogP contribution is 2.34. The third kappa shape index (κ3) is 7.51. The summed E-state index contributed by atoms with van der Waals surface area (Å²) >= 11 is 0. The lowest BCUT2D eigenvalue weighted by atomic mass is 9.78. The fourth-order valence-electron chi connectivity index (χ4n) is 4.94. The fourth-order valence-corrected chi connectivity index (χ4v) is 4.94. The van der Waals surface area contributed by atoms with Crippen molar-refractivity contribution in [3.05, 3.63) is 0 Å². The van der Waals surface area contributed by atoms with Gasteiger partial charge in [-0.05, 0) is 37.5 Å². The Morgan fingerprint density at radius 1 is 1.10 bits per heavy atom. The number of hydrogen-bond acceptors (Lipinski definition) is 4.